The molecule has 0 bridgehead atoms. The van der Waals surface area contributed by atoms with E-state index in [1.807, 2.05) is 6.92 Å². The first kappa shape index (κ1) is 21.0. The highest BCUT2D eigenvalue weighted by Crippen LogP contribution is 2.06. The van der Waals surface area contributed by atoms with Gasteiger partial charge in [0.2, 0.25) is 0 Å². The van der Waals surface area contributed by atoms with Gasteiger partial charge in [-0.25, -0.2) is 0 Å². The number of hydrogen-bond acceptors (Lipinski definition) is 6. The highest BCUT2D eigenvalue weighted by molar-refractivity contribution is 5.73. The van der Waals surface area contributed by atoms with Gasteiger partial charge in [-0.15, -0.1) is 0 Å². The number of carbonyl (C=O) groups is 2. The summed E-state index contributed by atoms with van der Waals surface area (Å²) in [5.74, 6) is -2.18. The Morgan fingerprint density at radius 3 is 2.09 bits per heavy atom. The van der Waals surface area contributed by atoms with Crippen LogP contribution in [0.25, 0.3) is 0 Å². The van der Waals surface area contributed by atoms with E-state index in [1.165, 1.54) is 0 Å². The number of rotatable bonds is 8. The van der Waals surface area contributed by atoms with E-state index in [4.69, 9.17) is 26.4 Å². The number of carboxylic acids is 2. The van der Waals surface area contributed by atoms with Gasteiger partial charge in [0.15, 0.2) is 6.04 Å². The Balaban J connectivity index is 0.000000468. The molecule has 2 atom stereocenters. The van der Waals surface area contributed by atoms with Crippen molar-refractivity contribution in [1.82, 2.24) is 5.23 Å². The molecule has 130 valence electrons. The standard InChI is InChI=1S/C9H11NO4.C6H13NO2/c11-9(12)8(10(13)14)6-7-4-2-1-3-5-7;1-2-3-4-5(7)6(8)9/h1-5,8,13-14H,6H2,(H,11,12);5H,2-4,7H2,1H3,(H,8,9)/t8-;5-/m00/s1. The van der Waals surface area contributed by atoms with Crippen LogP contribution in [0.3, 0.4) is 0 Å². The first-order valence-electron chi connectivity index (χ1n) is 7.21. The van der Waals surface area contributed by atoms with Crippen LogP contribution >= 0.6 is 0 Å². The van der Waals surface area contributed by atoms with Gasteiger partial charge < -0.3 is 15.9 Å². The first-order valence-corrected chi connectivity index (χ1v) is 7.21. The fourth-order valence-electron chi connectivity index (χ4n) is 1.65. The molecule has 0 aliphatic heterocycles. The molecule has 0 aliphatic rings. The predicted molar refractivity (Wildman–Crippen MR) is 82.1 cm³/mol. The smallest absolute Gasteiger partial charge is 0.326 e. The van der Waals surface area contributed by atoms with Gasteiger partial charge in [0.1, 0.15) is 6.04 Å². The Morgan fingerprint density at radius 2 is 1.70 bits per heavy atom. The molecule has 0 radical (unpaired) electrons. The van der Waals surface area contributed by atoms with Crippen molar-refractivity contribution in [2.75, 3.05) is 0 Å². The van der Waals surface area contributed by atoms with Crippen molar-refractivity contribution in [3.8, 4) is 0 Å². The van der Waals surface area contributed by atoms with E-state index in [0.717, 1.165) is 18.4 Å². The molecule has 1 rings (SSSR count). The van der Waals surface area contributed by atoms with E-state index in [9.17, 15) is 9.59 Å². The van der Waals surface area contributed by atoms with E-state index in [1.54, 1.807) is 30.3 Å². The fraction of sp³-hybridized carbons (Fsp3) is 0.467. The number of nitrogens with zero attached hydrogens (tertiary/aromatic N) is 1. The summed E-state index contributed by atoms with van der Waals surface area (Å²) in [6, 6.07) is 6.76. The minimum atomic E-state index is -1.34. The van der Waals surface area contributed by atoms with Crippen LogP contribution in [0, 0.1) is 0 Å². The third kappa shape index (κ3) is 9.59. The molecule has 0 saturated carbocycles. The van der Waals surface area contributed by atoms with Gasteiger partial charge in [0.05, 0.1) is 0 Å². The molecule has 6 N–H and O–H groups in total. The van der Waals surface area contributed by atoms with E-state index in [0.29, 0.717) is 6.42 Å². The Labute approximate surface area is 134 Å². The molecule has 8 heteroatoms. The first-order chi connectivity index (χ1) is 10.8. The fourth-order valence-corrected chi connectivity index (χ4v) is 1.65. The van der Waals surface area contributed by atoms with Gasteiger partial charge in [-0.2, -0.15) is 0 Å². The van der Waals surface area contributed by atoms with Gasteiger partial charge >= 0.3 is 11.9 Å². The Kier molecular flexibility index (Phi) is 10.5. The molecule has 0 unspecified atom stereocenters. The minimum absolute atomic E-state index is 0.0448. The van der Waals surface area contributed by atoms with Crippen molar-refractivity contribution in [3.63, 3.8) is 0 Å². The summed E-state index contributed by atoms with van der Waals surface area (Å²) in [6.07, 6.45) is 2.53. The summed E-state index contributed by atoms with van der Waals surface area (Å²) in [5.41, 5.74) is 5.93. The lowest BCUT2D eigenvalue weighted by Crippen LogP contribution is -2.38. The normalized spacial score (nSPS) is 12.9. The zero-order chi connectivity index (χ0) is 17.8. The number of carboxylic acid groups (broad SMARTS) is 2. The monoisotopic (exact) mass is 328 g/mol. The summed E-state index contributed by atoms with van der Waals surface area (Å²) in [5, 5.41) is 33.9. The quantitative estimate of drug-likeness (QED) is 0.450. The number of hydrogen-bond donors (Lipinski definition) is 5. The average Bonchev–Trinajstić information content (AvgIpc) is 2.51. The molecule has 1 aromatic rings. The van der Waals surface area contributed by atoms with Crippen LogP contribution in [0.4, 0.5) is 0 Å². The molecule has 0 saturated heterocycles. The van der Waals surface area contributed by atoms with Crippen molar-refractivity contribution in [1.29, 1.82) is 0 Å². The summed E-state index contributed by atoms with van der Waals surface area (Å²) < 4.78 is 0. The van der Waals surface area contributed by atoms with Crippen LogP contribution in [-0.4, -0.2) is 49.9 Å². The van der Waals surface area contributed by atoms with Gasteiger partial charge in [-0.3, -0.25) is 20.0 Å². The highest BCUT2D eigenvalue weighted by Gasteiger charge is 2.23. The number of unbranched alkanes of at least 4 members (excludes halogenated alkanes) is 1. The zero-order valence-electron chi connectivity index (χ0n) is 13.0. The van der Waals surface area contributed by atoms with Crippen LogP contribution < -0.4 is 5.73 Å². The van der Waals surface area contributed by atoms with E-state index < -0.39 is 24.0 Å². The molecular weight excluding hydrogens is 304 g/mol. The topological polar surface area (TPSA) is 144 Å². The Hall–Kier alpha value is -2.00. The van der Waals surface area contributed by atoms with Gasteiger partial charge in [0.25, 0.3) is 0 Å². The van der Waals surface area contributed by atoms with Gasteiger partial charge in [-0.1, -0.05) is 55.3 Å². The maximum Gasteiger partial charge on any atom is 0.326 e. The molecule has 0 heterocycles. The third-order valence-corrected chi connectivity index (χ3v) is 3.02. The predicted octanol–water partition coefficient (Wildman–Crippen LogP) is 1.35. The minimum Gasteiger partial charge on any atom is -0.480 e. The summed E-state index contributed by atoms with van der Waals surface area (Å²) in [7, 11) is 0. The van der Waals surface area contributed by atoms with E-state index >= 15 is 0 Å². The van der Waals surface area contributed by atoms with Crippen molar-refractivity contribution in [2.45, 2.75) is 44.7 Å². The molecule has 8 nitrogen and oxygen atoms in total. The van der Waals surface area contributed by atoms with Crippen molar-refractivity contribution in [2.24, 2.45) is 5.73 Å². The molecule has 0 aliphatic carbocycles. The van der Waals surface area contributed by atoms with Crippen LogP contribution in [0.15, 0.2) is 30.3 Å². The third-order valence-electron chi connectivity index (χ3n) is 3.02. The molecule has 0 spiro atoms. The number of aliphatic carboxylic acids is 2. The summed E-state index contributed by atoms with van der Waals surface area (Å²) in [4.78, 5) is 20.7. The number of nitrogens with two attached hydrogens (primary N) is 1. The van der Waals surface area contributed by atoms with Crippen LogP contribution in [0.1, 0.15) is 31.7 Å². The zero-order valence-corrected chi connectivity index (χ0v) is 13.0. The SMILES string of the molecule is CCCC[C@H](N)C(=O)O.O=C(O)[C@H](Cc1ccccc1)N(O)O. The Bertz CT molecular complexity index is 466. The van der Waals surface area contributed by atoms with Gasteiger partial charge in [0, 0.05) is 6.42 Å². The maximum absolute atomic E-state index is 10.6. The van der Waals surface area contributed by atoms with Crippen LogP contribution in [-0.2, 0) is 16.0 Å². The van der Waals surface area contributed by atoms with Crippen molar-refractivity contribution < 1.29 is 30.2 Å². The largest absolute Gasteiger partial charge is 0.480 e. The van der Waals surface area contributed by atoms with Crippen LogP contribution in [0.5, 0.6) is 0 Å². The van der Waals surface area contributed by atoms with E-state index in [-0.39, 0.29) is 11.6 Å². The lowest BCUT2D eigenvalue weighted by molar-refractivity contribution is -0.327. The molecular formula is C15H24N2O6. The maximum atomic E-state index is 10.6. The van der Waals surface area contributed by atoms with E-state index in [2.05, 4.69) is 0 Å². The lowest BCUT2D eigenvalue weighted by Gasteiger charge is -2.15. The molecule has 23 heavy (non-hydrogen) atoms. The second-order valence-electron chi connectivity index (χ2n) is 4.95. The van der Waals surface area contributed by atoms with Crippen molar-refractivity contribution >= 4 is 11.9 Å². The van der Waals surface area contributed by atoms with Gasteiger partial charge in [-0.05, 0) is 12.0 Å². The van der Waals surface area contributed by atoms with Crippen molar-refractivity contribution in [3.05, 3.63) is 35.9 Å². The molecule has 0 fully saturated rings. The Morgan fingerprint density at radius 1 is 1.13 bits per heavy atom. The molecule has 0 amide bonds. The second kappa shape index (κ2) is 11.6. The number of benzene rings is 1. The second-order valence-corrected chi connectivity index (χ2v) is 4.95. The van der Waals surface area contributed by atoms with Crippen LogP contribution in [0.2, 0.25) is 0 Å². The average molecular weight is 328 g/mol. The lowest BCUT2D eigenvalue weighted by atomic mass is 10.1. The molecule has 1 aromatic carbocycles. The summed E-state index contributed by atoms with van der Waals surface area (Å²) in [6.45, 7) is 2.01. The summed E-state index contributed by atoms with van der Waals surface area (Å²) >= 11 is 0. The molecule has 0 aromatic heterocycles. The number of hydroxylamine groups is 2. The highest BCUT2D eigenvalue weighted by atomic mass is 16.8.